The Morgan fingerprint density at radius 2 is 2.06 bits per heavy atom. The quantitative estimate of drug-likeness (QED) is 0.827. The molecule has 1 saturated heterocycles. The van der Waals surface area contributed by atoms with E-state index < -0.39 is 0 Å². The number of rotatable bonds is 3. The largest absolute Gasteiger partial charge is 0.379 e. The van der Waals surface area contributed by atoms with Crippen molar-refractivity contribution in [3.63, 3.8) is 0 Å². The number of hydrogen-bond acceptors (Lipinski definition) is 4. The summed E-state index contributed by atoms with van der Waals surface area (Å²) in [6.07, 6.45) is 5.49. The van der Waals surface area contributed by atoms with E-state index in [0.717, 1.165) is 38.8 Å². The molecule has 1 aliphatic heterocycles. The second-order valence-electron chi connectivity index (χ2n) is 5.05. The summed E-state index contributed by atoms with van der Waals surface area (Å²) in [5.74, 6) is 0.762. The highest BCUT2D eigenvalue weighted by Crippen LogP contribution is 2.35. The Labute approximate surface area is 107 Å². The third-order valence-electron chi connectivity index (χ3n) is 3.76. The topological polar surface area (TPSA) is 25.4 Å². The molecule has 0 aromatic carbocycles. The lowest BCUT2D eigenvalue weighted by Gasteiger charge is -2.25. The molecule has 0 bridgehead atoms. The fraction of sp³-hybridized carbons (Fsp3) is 0.769. The second kappa shape index (κ2) is 5.46. The molecule has 1 aliphatic carbocycles. The van der Waals surface area contributed by atoms with Crippen LogP contribution in [0, 0.1) is 0 Å². The van der Waals surface area contributed by atoms with Crippen LogP contribution in [0.25, 0.3) is 0 Å². The summed E-state index contributed by atoms with van der Waals surface area (Å²) in [7, 11) is 0. The molecule has 0 atom stereocenters. The summed E-state index contributed by atoms with van der Waals surface area (Å²) in [5, 5.41) is 3.63. The zero-order valence-electron chi connectivity index (χ0n) is 10.2. The predicted octanol–water partition coefficient (Wildman–Crippen LogP) is 2.63. The van der Waals surface area contributed by atoms with Gasteiger partial charge < -0.3 is 4.74 Å². The average Bonchev–Trinajstić information content (AvgIpc) is 3.00. The van der Waals surface area contributed by atoms with Gasteiger partial charge in [-0.25, -0.2) is 4.98 Å². The Hall–Kier alpha value is -0.450. The molecule has 0 unspecified atom stereocenters. The molecule has 2 fully saturated rings. The van der Waals surface area contributed by atoms with Gasteiger partial charge in [-0.1, -0.05) is 12.8 Å². The van der Waals surface area contributed by atoms with E-state index in [2.05, 4.69) is 10.3 Å². The number of nitrogens with zero attached hydrogens (tertiary/aromatic N) is 2. The third-order valence-corrected chi connectivity index (χ3v) is 4.82. The van der Waals surface area contributed by atoms with Gasteiger partial charge in [0.15, 0.2) is 0 Å². The predicted molar refractivity (Wildman–Crippen MR) is 69.4 cm³/mol. The molecular weight excluding hydrogens is 232 g/mol. The van der Waals surface area contributed by atoms with Crippen molar-refractivity contribution in [1.29, 1.82) is 0 Å². The normalized spacial score (nSPS) is 23.3. The molecule has 1 saturated carbocycles. The van der Waals surface area contributed by atoms with Gasteiger partial charge in [0.1, 0.15) is 0 Å². The van der Waals surface area contributed by atoms with Crippen molar-refractivity contribution in [2.75, 3.05) is 26.3 Å². The van der Waals surface area contributed by atoms with Crippen molar-refractivity contribution in [2.24, 2.45) is 0 Å². The van der Waals surface area contributed by atoms with Crippen LogP contribution in [0.5, 0.6) is 0 Å². The smallest absolute Gasteiger partial charge is 0.0959 e. The van der Waals surface area contributed by atoms with Gasteiger partial charge in [0.25, 0.3) is 0 Å². The van der Waals surface area contributed by atoms with Gasteiger partial charge in [0, 0.05) is 30.9 Å². The summed E-state index contributed by atoms with van der Waals surface area (Å²) < 4.78 is 5.36. The molecule has 2 heterocycles. The average molecular weight is 252 g/mol. The molecule has 1 aromatic heterocycles. The number of aromatic nitrogens is 1. The monoisotopic (exact) mass is 252 g/mol. The fourth-order valence-electron chi connectivity index (χ4n) is 2.74. The first-order valence-corrected chi connectivity index (χ1v) is 7.54. The van der Waals surface area contributed by atoms with Crippen LogP contribution < -0.4 is 0 Å². The summed E-state index contributed by atoms with van der Waals surface area (Å²) in [5.41, 5.74) is 1.26. The van der Waals surface area contributed by atoms with E-state index in [9.17, 15) is 0 Å². The highest BCUT2D eigenvalue weighted by atomic mass is 32.1. The Morgan fingerprint density at radius 1 is 1.29 bits per heavy atom. The first kappa shape index (κ1) is 11.6. The van der Waals surface area contributed by atoms with Crippen molar-refractivity contribution in [3.05, 3.63) is 16.1 Å². The highest BCUT2D eigenvalue weighted by Gasteiger charge is 2.20. The standard InChI is InChI=1S/C13H20N2OS/c1-2-4-11(3-1)13-14-12(10-17-13)9-15-5-7-16-8-6-15/h10-11H,1-9H2. The van der Waals surface area contributed by atoms with Gasteiger partial charge >= 0.3 is 0 Å². The summed E-state index contributed by atoms with van der Waals surface area (Å²) in [4.78, 5) is 7.26. The Bertz CT molecular complexity index is 354. The van der Waals surface area contributed by atoms with Gasteiger partial charge in [-0.2, -0.15) is 0 Å². The summed E-state index contributed by atoms with van der Waals surface area (Å²) in [6, 6.07) is 0. The van der Waals surface area contributed by atoms with Gasteiger partial charge in [-0.3, -0.25) is 4.90 Å². The van der Waals surface area contributed by atoms with Crippen LogP contribution in [0.3, 0.4) is 0 Å². The minimum Gasteiger partial charge on any atom is -0.379 e. The molecule has 2 aliphatic rings. The van der Waals surface area contributed by atoms with Crippen molar-refractivity contribution >= 4 is 11.3 Å². The van der Waals surface area contributed by atoms with Crippen LogP contribution in [-0.4, -0.2) is 36.2 Å². The second-order valence-corrected chi connectivity index (χ2v) is 5.94. The molecule has 0 N–H and O–H groups in total. The lowest BCUT2D eigenvalue weighted by molar-refractivity contribution is 0.0337. The van der Waals surface area contributed by atoms with E-state index in [1.807, 2.05) is 11.3 Å². The molecule has 3 nitrogen and oxygen atoms in total. The molecule has 0 radical (unpaired) electrons. The maximum atomic E-state index is 5.36. The minimum atomic E-state index is 0.762. The molecule has 17 heavy (non-hydrogen) atoms. The molecule has 0 amide bonds. The zero-order chi connectivity index (χ0) is 11.5. The van der Waals surface area contributed by atoms with Crippen molar-refractivity contribution in [1.82, 2.24) is 9.88 Å². The maximum Gasteiger partial charge on any atom is 0.0959 e. The Kier molecular flexibility index (Phi) is 3.74. The van der Waals surface area contributed by atoms with Gasteiger partial charge in [0.2, 0.25) is 0 Å². The van der Waals surface area contributed by atoms with E-state index in [1.165, 1.54) is 36.4 Å². The van der Waals surface area contributed by atoms with Gasteiger partial charge in [0.05, 0.1) is 23.9 Å². The van der Waals surface area contributed by atoms with Crippen LogP contribution in [0.1, 0.15) is 42.3 Å². The van der Waals surface area contributed by atoms with E-state index in [4.69, 9.17) is 9.72 Å². The van der Waals surface area contributed by atoms with Crippen molar-refractivity contribution in [3.8, 4) is 0 Å². The first-order chi connectivity index (χ1) is 8.42. The number of morpholine rings is 1. The van der Waals surface area contributed by atoms with Crippen molar-refractivity contribution in [2.45, 2.75) is 38.1 Å². The third kappa shape index (κ3) is 2.87. The van der Waals surface area contributed by atoms with E-state index >= 15 is 0 Å². The molecule has 94 valence electrons. The van der Waals surface area contributed by atoms with Crippen LogP contribution in [0.4, 0.5) is 0 Å². The Balaban J connectivity index is 1.59. The van der Waals surface area contributed by atoms with Crippen LogP contribution in [-0.2, 0) is 11.3 Å². The SMILES string of the molecule is c1sc(C2CCCC2)nc1CN1CCOCC1. The van der Waals surface area contributed by atoms with E-state index in [1.54, 1.807) is 0 Å². The maximum absolute atomic E-state index is 5.36. The highest BCUT2D eigenvalue weighted by molar-refractivity contribution is 7.09. The molecule has 4 heteroatoms. The van der Waals surface area contributed by atoms with E-state index in [-0.39, 0.29) is 0 Å². The molecular formula is C13H20N2OS. The summed E-state index contributed by atoms with van der Waals surface area (Å²) >= 11 is 1.87. The van der Waals surface area contributed by atoms with E-state index in [0.29, 0.717) is 0 Å². The lowest BCUT2D eigenvalue weighted by atomic mass is 10.1. The molecule has 1 aromatic rings. The van der Waals surface area contributed by atoms with Crippen LogP contribution in [0.15, 0.2) is 5.38 Å². The molecule has 0 spiro atoms. The Morgan fingerprint density at radius 3 is 2.82 bits per heavy atom. The minimum absolute atomic E-state index is 0.762. The van der Waals surface area contributed by atoms with Gasteiger partial charge in [-0.05, 0) is 12.8 Å². The molecule has 3 rings (SSSR count). The van der Waals surface area contributed by atoms with Crippen LogP contribution >= 0.6 is 11.3 Å². The van der Waals surface area contributed by atoms with Crippen molar-refractivity contribution < 1.29 is 4.74 Å². The van der Waals surface area contributed by atoms with Gasteiger partial charge in [-0.15, -0.1) is 11.3 Å². The van der Waals surface area contributed by atoms with Crippen LogP contribution in [0.2, 0.25) is 0 Å². The number of hydrogen-bond donors (Lipinski definition) is 0. The number of thiazole rings is 1. The fourth-order valence-corrected chi connectivity index (χ4v) is 3.73. The lowest BCUT2D eigenvalue weighted by Crippen LogP contribution is -2.35. The first-order valence-electron chi connectivity index (χ1n) is 6.66. The summed E-state index contributed by atoms with van der Waals surface area (Å²) in [6.45, 7) is 4.86. The number of ether oxygens (including phenoxy) is 1. The zero-order valence-corrected chi connectivity index (χ0v) is 11.0.